The van der Waals surface area contributed by atoms with Crippen LogP contribution in [0.5, 0.6) is 0 Å². The van der Waals surface area contributed by atoms with Gasteiger partial charge in [-0.2, -0.15) is 0 Å². The minimum atomic E-state index is -1.14. The first kappa shape index (κ1) is 25.7. The van der Waals surface area contributed by atoms with E-state index in [9.17, 15) is 4.21 Å². The number of piperidine rings is 1. The minimum absolute atomic E-state index is 0.0325. The molecule has 0 amide bonds. The van der Waals surface area contributed by atoms with E-state index in [0.717, 1.165) is 60.7 Å². The van der Waals surface area contributed by atoms with Gasteiger partial charge in [0.2, 0.25) is 5.95 Å². The van der Waals surface area contributed by atoms with Crippen LogP contribution in [0.15, 0.2) is 52.6 Å². The number of aromatic nitrogens is 4. The summed E-state index contributed by atoms with van der Waals surface area (Å²) >= 11 is 1.56. The molecule has 1 saturated heterocycles. The highest BCUT2D eigenvalue weighted by atomic mass is 32.2. The Morgan fingerprint density at radius 2 is 1.87 bits per heavy atom. The fourth-order valence-corrected chi connectivity index (χ4v) is 7.65. The van der Waals surface area contributed by atoms with E-state index in [4.69, 9.17) is 5.73 Å². The predicted octanol–water partition coefficient (Wildman–Crippen LogP) is 4.81. The molecule has 3 heterocycles. The standard InChI is InChI=1S/C28H35N7OS2/c1-27(2,3)38(36)34-24-20-7-5-4-6-19(20)16-28(24)11-14-35(15-12-28)26-31-17-22(32-33-26)37-21-10-13-30-25(29)23(21)18-8-9-18/h4-7,10,13,17-18,24,34H,8-9,11-12,14-16H2,1-3H3,(H2,29,30)/t24-,38-/m1/s1. The van der Waals surface area contributed by atoms with Gasteiger partial charge in [0.1, 0.15) is 10.8 Å². The van der Waals surface area contributed by atoms with Crippen molar-refractivity contribution < 1.29 is 4.21 Å². The summed E-state index contributed by atoms with van der Waals surface area (Å²) in [4.78, 5) is 12.3. The van der Waals surface area contributed by atoms with Crippen molar-refractivity contribution in [1.29, 1.82) is 0 Å². The van der Waals surface area contributed by atoms with Crippen molar-refractivity contribution in [2.45, 2.75) is 79.5 Å². The van der Waals surface area contributed by atoms with Crippen LogP contribution in [0.25, 0.3) is 0 Å². The van der Waals surface area contributed by atoms with E-state index in [2.05, 4.69) is 54.1 Å². The second kappa shape index (κ2) is 9.88. The van der Waals surface area contributed by atoms with E-state index in [-0.39, 0.29) is 16.2 Å². The molecule has 0 unspecified atom stereocenters. The number of rotatable bonds is 6. The first-order valence-electron chi connectivity index (χ1n) is 13.4. The van der Waals surface area contributed by atoms with Crippen molar-refractivity contribution in [3.63, 3.8) is 0 Å². The molecule has 3 N–H and O–H groups in total. The number of fused-ring (bicyclic) bond motifs is 1. The van der Waals surface area contributed by atoms with Crippen molar-refractivity contribution in [2.24, 2.45) is 5.41 Å². The molecule has 0 bridgehead atoms. The Morgan fingerprint density at radius 3 is 2.55 bits per heavy atom. The van der Waals surface area contributed by atoms with Crippen LogP contribution >= 0.6 is 11.8 Å². The summed E-state index contributed by atoms with van der Waals surface area (Å²) < 4.78 is 16.4. The predicted molar refractivity (Wildman–Crippen MR) is 152 cm³/mol. The molecule has 1 aromatic carbocycles. The highest BCUT2D eigenvalue weighted by Gasteiger charge is 2.49. The zero-order valence-corrected chi connectivity index (χ0v) is 23.8. The SMILES string of the molecule is CC(C)(C)[S@@](=O)N[C@@H]1c2ccccc2CC12CCN(c1ncc(Sc3ccnc(N)c3C3CC3)nn1)CC2. The van der Waals surface area contributed by atoms with Crippen LogP contribution in [0.4, 0.5) is 11.8 Å². The van der Waals surface area contributed by atoms with Crippen molar-refractivity contribution in [1.82, 2.24) is 24.9 Å². The number of nitrogens with zero attached hydrogens (tertiary/aromatic N) is 5. The Morgan fingerprint density at radius 1 is 1.11 bits per heavy atom. The summed E-state index contributed by atoms with van der Waals surface area (Å²) in [5.74, 6) is 1.79. The maximum absolute atomic E-state index is 13.1. The van der Waals surface area contributed by atoms with Crippen LogP contribution in [-0.4, -0.2) is 42.2 Å². The third-order valence-corrected chi connectivity index (χ3v) is 10.6. The molecule has 8 nitrogen and oxygen atoms in total. The lowest BCUT2D eigenvalue weighted by Gasteiger charge is -2.43. The van der Waals surface area contributed by atoms with Crippen molar-refractivity contribution in [3.8, 4) is 0 Å². The van der Waals surface area contributed by atoms with Crippen molar-refractivity contribution >= 4 is 34.5 Å². The van der Waals surface area contributed by atoms with Crippen LogP contribution in [0.1, 0.15) is 75.1 Å². The van der Waals surface area contributed by atoms with Gasteiger partial charge in [0.05, 0.1) is 28.0 Å². The Hall–Kier alpha value is -2.56. The molecular weight excluding hydrogens is 514 g/mol. The molecule has 38 heavy (non-hydrogen) atoms. The molecule has 2 fully saturated rings. The van der Waals surface area contributed by atoms with Gasteiger partial charge in [0.25, 0.3) is 0 Å². The third kappa shape index (κ3) is 4.94. The molecule has 3 aromatic rings. The van der Waals surface area contributed by atoms with E-state index < -0.39 is 11.0 Å². The first-order valence-corrected chi connectivity index (χ1v) is 15.3. The van der Waals surface area contributed by atoms with E-state index in [1.165, 1.54) is 11.1 Å². The normalized spacial score (nSPS) is 21.4. The van der Waals surface area contributed by atoms with Crippen LogP contribution in [0.3, 0.4) is 0 Å². The molecule has 10 heteroatoms. The lowest BCUT2D eigenvalue weighted by atomic mass is 9.73. The fraction of sp³-hybridized carbons (Fsp3) is 0.500. The van der Waals surface area contributed by atoms with Gasteiger partial charge in [-0.05, 0) is 81.4 Å². The molecule has 6 rings (SSSR count). The number of nitrogens with two attached hydrogens (primary N) is 1. The Balaban J connectivity index is 1.15. The maximum atomic E-state index is 13.1. The molecule has 3 aliphatic rings. The zero-order chi connectivity index (χ0) is 26.5. The molecule has 1 saturated carbocycles. The lowest BCUT2D eigenvalue weighted by Crippen LogP contribution is -2.48. The summed E-state index contributed by atoms with van der Waals surface area (Å²) in [6, 6.07) is 10.7. The molecule has 200 valence electrons. The number of hydrogen-bond acceptors (Lipinski definition) is 8. The number of benzene rings is 1. The Kier molecular flexibility index (Phi) is 6.68. The topological polar surface area (TPSA) is 110 Å². The molecule has 2 aliphatic carbocycles. The number of pyridine rings is 1. The summed E-state index contributed by atoms with van der Waals surface area (Å²) in [6.07, 6.45) is 8.84. The Bertz CT molecular complexity index is 1350. The van der Waals surface area contributed by atoms with Gasteiger partial charge in [0.15, 0.2) is 0 Å². The fourth-order valence-electron chi connectivity index (χ4n) is 5.78. The largest absolute Gasteiger partial charge is 0.383 e. The molecule has 2 atom stereocenters. The molecule has 1 aliphatic heterocycles. The smallest absolute Gasteiger partial charge is 0.245 e. The molecular formula is C28H35N7OS2. The van der Waals surface area contributed by atoms with Crippen LogP contribution in [-0.2, 0) is 17.4 Å². The summed E-state index contributed by atoms with van der Waals surface area (Å²) in [6.45, 7) is 7.75. The van der Waals surface area contributed by atoms with Crippen molar-refractivity contribution in [2.75, 3.05) is 23.7 Å². The van der Waals surface area contributed by atoms with Crippen LogP contribution < -0.4 is 15.4 Å². The lowest BCUT2D eigenvalue weighted by molar-refractivity contribution is 0.177. The number of nitrogen functional groups attached to an aromatic ring is 1. The van der Waals surface area contributed by atoms with Gasteiger partial charge in [-0.25, -0.2) is 18.9 Å². The van der Waals surface area contributed by atoms with E-state index >= 15 is 0 Å². The molecule has 0 radical (unpaired) electrons. The van der Waals surface area contributed by atoms with Crippen LogP contribution in [0.2, 0.25) is 0 Å². The van der Waals surface area contributed by atoms with Crippen molar-refractivity contribution in [3.05, 3.63) is 59.4 Å². The van der Waals surface area contributed by atoms with Gasteiger partial charge in [-0.15, -0.1) is 10.2 Å². The monoisotopic (exact) mass is 549 g/mol. The maximum Gasteiger partial charge on any atom is 0.245 e. The summed E-state index contributed by atoms with van der Waals surface area (Å²) in [5, 5.41) is 9.75. The second-order valence-electron chi connectivity index (χ2n) is 11.7. The molecule has 2 aromatic heterocycles. The van der Waals surface area contributed by atoms with E-state index in [0.29, 0.717) is 17.7 Å². The third-order valence-electron chi connectivity index (χ3n) is 8.05. The molecule has 1 spiro atoms. The van der Waals surface area contributed by atoms with E-state index in [1.807, 2.05) is 33.0 Å². The van der Waals surface area contributed by atoms with Crippen LogP contribution in [0, 0.1) is 5.41 Å². The van der Waals surface area contributed by atoms with E-state index in [1.54, 1.807) is 18.0 Å². The highest BCUT2D eigenvalue weighted by molar-refractivity contribution is 7.99. The summed E-state index contributed by atoms with van der Waals surface area (Å²) in [7, 11) is -1.14. The first-order chi connectivity index (χ1) is 18.2. The number of hydrogen-bond donors (Lipinski definition) is 2. The van der Waals surface area contributed by atoms with Gasteiger partial charge in [0, 0.05) is 29.7 Å². The zero-order valence-electron chi connectivity index (χ0n) is 22.2. The minimum Gasteiger partial charge on any atom is -0.383 e. The second-order valence-corrected chi connectivity index (χ2v) is 14.8. The van der Waals surface area contributed by atoms with Gasteiger partial charge in [-0.1, -0.05) is 36.0 Å². The number of anilines is 2. The quantitative estimate of drug-likeness (QED) is 0.451. The van der Waals surface area contributed by atoms with Gasteiger partial charge < -0.3 is 10.6 Å². The highest BCUT2D eigenvalue weighted by Crippen LogP contribution is 2.52. The average Bonchev–Trinajstić information content (AvgIpc) is 3.69. The average molecular weight is 550 g/mol. The summed E-state index contributed by atoms with van der Waals surface area (Å²) in [5.41, 5.74) is 10.00. The van der Waals surface area contributed by atoms with Gasteiger partial charge >= 0.3 is 0 Å². The Labute approximate surface area is 231 Å². The number of nitrogens with one attached hydrogen (secondary N) is 1. The van der Waals surface area contributed by atoms with Gasteiger partial charge in [-0.3, -0.25) is 0 Å².